The van der Waals surface area contributed by atoms with Crippen molar-refractivity contribution in [3.8, 4) is 0 Å². The van der Waals surface area contributed by atoms with Crippen molar-refractivity contribution in [2.45, 2.75) is 115 Å². The number of H-pyrrole nitrogens is 1. The van der Waals surface area contributed by atoms with E-state index in [2.05, 4.69) is 31.6 Å². The molecule has 1 aromatic carbocycles. The molecule has 8 amide bonds. The number of aromatic amines is 1. The SMILES string of the molecule is CC[C@@H](C)C1NC(=O)[C@H]([C@@H](C)CC)NC(=O)[C@@H](Cc2c[nH]c3ccccc23)NC(=O)CCSCC[C@@H](C(=O)N(C)[C@@H](CCCN)C(N)=O)NC(=O)[C@H](CC(N)=O)NC1=O. The molecule has 0 bridgehead atoms. The minimum atomic E-state index is -1.55. The first-order valence-corrected chi connectivity index (χ1v) is 21.4. The fourth-order valence-electron chi connectivity index (χ4n) is 6.80. The van der Waals surface area contributed by atoms with Crippen molar-refractivity contribution in [3.05, 3.63) is 36.0 Å². The molecule has 2 heterocycles. The van der Waals surface area contributed by atoms with E-state index in [0.717, 1.165) is 21.4 Å². The van der Waals surface area contributed by atoms with Crippen LogP contribution in [0.15, 0.2) is 30.5 Å². The summed E-state index contributed by atoms with van der Waals surface area (Å²) in [5, 5.41) is 14.5. The van der Waals surface area contributed by atoms with Crippen LogP contribution in [0, 0.1) is 11.8 Å². The Kier molecular flexibility index (Phi) is 19.1. The van der Waals surface area contributed by atoms with E-state index in [-0.39, 0.29) is 43.7 Å². The highest BCUT2D eigenvalue weighted by molar-refractivity contribution is 7.99. The van der Waals surface area contributed by atoms with E-state index in [1.54, 1.807) is 27.0 Å². The zero-order valence-corrected chi connectivity index (χ0v) is 35.5. The molecule has 59 heavy (non-hydrogen) atoms. The second kappa shape index (κ2) is 23.4. The fourth-order valence-corrected chi connectivity index (χ4v) is 7.74. The van der Waals surface area contributed by atoms with E-state index in [0.29, 0.717) is 19.3 Å². The summed E-state index contributed by atoms with van der Waals surface area (Å²) in [7, 11) is 1.38. The van der Waals surface area contributed by atoms with Gasteiger partial charge >= 0.3 is 0 Å². The van der Waals surface area contributed by atoms with E-state index in [4.69, 9.17) is 17.2 Å². The lowest BCUT2D eigenvalue weighted by Gasteiger charge is -2.32. The predicted molar refractivity (Wildman–Crippen MR) is 225 cm³/mol. The van der Waals surface area contributed by atoms with Crippen LogP contribution in [-0.4, -0.2) is 118 Å². The first-order chi connectivity index (χ1) is 28.0. The van der Waals surface area contributed by atoms with Gasteiger partial charge < -0.3 is 53.7 Å². The van der Waals surface area contributed by atoms with Crippen LogP contribution in [0.2, 0.25) is 0 Å². The van der Waals surface area contributed by atoms with Crippen LogP contribution in [0.25, 0.3) is 10.9 Å². The molecule has 1 aromatic heterocycles. The molecule has 1 fully saturated rings. The van der Waals surface area contributed by atoms with Crippen LogP contribution in [-0.2, 0) is 44.8 Å². The van der Waals surface area contributed by atoms with E-state index >= 15 is 0 Å². The Morgan fingerprint density at radius 2 is 1.44 bits per heavy atom. The zero-order valence-electron chi connectivity index (χ0n) is 34.6. The summed E-state index contributed by atoms with van der Waals surface area (Å²) >= 11 is 1.31. The molecule has 3 rings (SSSR count). The molecule has 1 saturated heterocycles. The van der Waals surface area contributed by atoms with Gasteiger partial charge in [0.1, 0.15) is 36.3 Å². The predicted octanol–water partition coefficient (Wildman–Crippen LogP) is -0.320. The number of likely N-dealkylation sites (N-methyl/N-ethyl adjacent to an activating group) is 1. The second-order valence-corrected chi connectivity index (χ2v) is 16.4. The highest BCUT2D eigenvalue weighted by Gasteiger charge is 2.37. The Morgan fingerprint density at radius 1 is 0.831 bits per heavy atom. The number of benzene rings is 1. The van der Waals surface area contributed by atoms with Crippen molar-refractivity contribution in [1.29, 1.82) is 0 Å². The topological polar surface area (TPSA) is 294 Å². The average Bonchev–Trinajstić information content (AvgIpc) is 3.61. The van der Waals surface area contributed by atoms with Crippen LogP contribution >= 0.6 is 11.8 Å². The highest BCUT2D eigenvalue weighted by Crippen LogP contribution is 2.21. The van der Waals surface area contributed by atoms with Crippen LogP contribution in [0.4, 0.5) is 0 Å². The fraction of sp³-hybridized carbons (Fsp3) is 0.600. The smallest absolute Gasteiger partial charge is 0.245 e. The molecular weight excluding hydrogens is 781 g/mol. The zero-order chi connectivity index (χ0) is 43.8. The molecule has 326 valence electrons. The van der Waals surface area contributed by atoms with Gasteiger partial charge in [-0.1, -0.05) is 58.7 Å². The van der Waals surface area contributed by atoms with Crippen LogP contribution in [0.3, 0.4) is 0 Å². The standard InChI is InChI=1S/C40H62N10O8S/c1-6-22(3)33-38(56)47-29(20-31(42)51)36(54)46-27(40(58)50(5)30(35(43)53)13-10-16-41)14-17-59-18-15-32(52)45-28(19-24-21-44-26-12-9-8-11-25(24)26)37(55)48-34(23(4)7-2)39(57)49-33/h8-9,11-12,21-23,27-30,33-34,44H,6-7,10,13-20,41H2,1-5H3,(H2,42,51)(H2,43,53)(H,45,52)(H,46,54)(H,47,56)(H,48,55)(H,49,57)/t22-,23+,27+,28-,29+,30+,33?,34+/m1/s1. The number of rotatable bonds is 14. The van der Waals surface area contributed by atoms with Gasteiger partial charge in [0.25, 0.3) is 0 Å². The van der Waals surface area contributed by atoms with Crippen LogP contribution in [0.1, 0.15) is 78.2 Å². The van der Waals surface area contributed by atoms with Crippen molar-refractivity contribution >= 4 is 69.9 Å². The Hall–Kier alpha value is -5.17. The number of carbonyl (C=O) groups excluding carboxylic acids is 8. The molecule has 1 aliphatic rings. The lowest BCUT2D eigenvalue weighted by Crippen LogP contribution is -2.62. The molecule has 19 heteroatoms. The molecule has 8 atom stereocenters. The average molecular weight is 843 g/mol. The van der Waals surface area contributed by atoms with Crippen LogP contribution < -0.4 is 43.8 Å². The van der Waals surface area contributed by atoms with Gasteiger partial charge in [-0.3, -0.25) is 38.4 Å². The molecule has 0 radical (unpaired) electrons. The first-order valence-electron chi connectivity index (χ1n) is 20.2. The third-order valence-electron chi connectivity index (χ3n) is 10.8. The maximum absolute atomic E-state index is 14.1. The van der Waals surface area contributed by atoms with Gasteiger partial charge in [-0.2, -0.15) is 11.8 Å². The molecule has 12 N–H and O–H groups in total. The number of amides is 8. The number of nitrogens with zero attached hydrogens (tertiary/aromatic N) is 1. The number of nitrogens with one attached hydrogen (secondary N) is 6. The van der Waals surface area contributed by atoms with Gasteiger partial charge in [-0.15, -0.1) is 0 Å². The summed E-state index contributed by atoms with van der Waals surface area (Å²) in [6.45, 7) is 7.39. The number of primary amides is 2. The van der Waals surface area contributed by atoms with Gasteiger partial charge in [-0.05, 0) is 55.0 Å². The number of hydrogen-bond acceptors (Lipinski definition) is 10. The van der Waals surface area contributed by atoms with Crippen molar-refractivity contribution in [2.75, 3.05) is 25.1 Å². The maximum atomic E-state index is 14.1. The third kappa shape index (κ3) is 14.0. The van der Waals surface area contributed by atoms with Crippen molar-refractivity contribution < 1.29 is 38.4 Å². The Balaban J connectivity index is 2.05. The monoisotopic (exact) mass is 842 g/mol. The number of para-hydroxylation sites is 1. The molecule has 1 aliphatic heterocycles. The number of hydrogen-bond donors (Lipinski definition) is 9. The van der Waals surface area contributed by atoms with Crippen molar-refractivity contribution in [1.82, 2.24) is 36.5 Å². The van der Waals surface area contributed by atoms with Crippen LogP contribution in [0.5, 0.6) is 0 Å². The summed E-state index contributed by atoms with van der Waals surface area (Å²) in [5.74, 6) is -6.11. The highest BCUT2D eigenvalue weighted by atomic mass is 32.2. The molecule has 0 saturated carbocycles. The number of nitrogens with two attached hydrogens (primary N) is 3. The molecule has 2 aromatic rings. The number of fused-ring (bicyclic) bond motifs is 1. The van der Waals surface area contributed by atoms with Gasteiger partial charge in [0.15, 0.2) is 0 Å². The quantitative estimate of drug-likeness (QED) is 0.119. The minimum absolute atomic E-state index is 0.00533. The van der Waals surface area contributed by atoms with Gasteiger partial charge in [0.05, 0.1) is 6.42 Å². The molecule has 0 spiro atoms. The summed E-state index contributed by atoms with van der Waals surface area (Å²) in [6.07, 6.45) is 2.72. The minimum Gasteiger partial charge on any atom is -0.370 e. The molecular formula is C40H62N10O8S. The summed E-state index contributed by atoms with van der Waals surface area (Å²) in [5.41, 5.74) is 18.4. The van der Waals surface area contributed by atoms with E-state index < -0.39 is 102 Å². The maximum Gasteiger partial charge on any atom is 0.245 e. The van der Waals surface area contributed by atoms with Crippen molar-refractivity contribution in [2.24, 2.45) is 29.0 Å². The number of aromatic nitrogens is 1. The lowest BCUT2D eigenvalue weighted by atomic mass is 9.94. The Morgan fingerprint density at radius 3 is 2.05 bits per heavy atom. The number of thioether (sulfide) groups is 1. The lowest BCUT2D eigenvalue weighted by molar-refractivity contribution is -0.142. The summed E-state index contributed by atoms with van der Waals surface area (Å²) in [6, 6.07) is 0.267. The summed E-state index contributed by atoms with van der Waals surface area (Å²) < 4.78 is 0. The largest absolute Gasteiger partial charge is 0.370 e. The second-order valence-electron chi connectivity index (χ2n) is 15.2. The van der Waals surface area contributed by atoms with Gasteiger partial charge in [0.2, 0.25) is 47.3 Å². The van der Waals surface area contributed by atoms with E-state index in [1.807, 2.05) is 31.2 Å². The molecule has 0 aliphatic carbocycles. The van der Waals surface area contributed by atoms with E-state index in [1.165, 1.54) is 18.8 Å². The van der Waals surface area contributed by atoms with Gasteiger partial charge in [-0.25, -0.2) is 0 Å². The Bertz CT molecular complexity index is 1810. The molecule has 18 nitrogen and oxygen atoms in total. The normalized spacial score (nSPS) is 23.4. The molecule has 1 unspecified atom stereocenters. The number of carbonyl (C=O) groups is 8. The Labute approximate surface area is 349 Å². The third-order valence-corrected chi connectivity index (χ3v) is 11.9. The van der Waals surface area contributed by atoms with Gasteiger partial charge in [0, 0.05) is 42.7 Å². The van der Waals surface area contributed by atoms with E-state index in [9.17, 15) is 38.4 Å². The van der Waals surface area contributed by atoms with Crippen molar-refractivity contribution in [3.63, 3.8) is 0 Å². The first kappa shape index (κ1) is 48.2. The summed E-state index contributed by atoms with van der Waals surface area (Å²) in [4.78, 5) is 112.